The van der Waals surface area contributed by atoms with Crippen molar-refractivity contribution < 1.29 is 22.7 Å². The first kappa shape index (κ1) is 19.2. The van der Waals surface area contributed by atoms with Crippen LogP contribution in [-0.4, -0.2) is 52.3 Å². The molecule has 8 nitrogen and oxygen atoms in total. The molecule has 138 valence electrons. The van der Waals surface area contributed by atoms with Crippen LogP contribution in [0.3, 0.4) is 0 Å². The highest BCUT2D eigenvalue weighted by Crippen LogP contribution is 2.21. The molecule has 2 amide bonds. The summed E-state index contributed by atoms with van der Waals surface area (Å²) in [6.45, 7) is 2.07. The van der Waals surface area contributed by atoms with Crippen molar-refractivity contribution in [2.75, 3.05) is 35.6 Å². The molecule has 1 aliphatic rings. The maximum Gasteiger partial charge on any atom is 0.240 e. The first-order chi connectivity index (χ1) is 11.8. The maximum absolute atomic E-state index is 12.2. The summed E-state index contributed by atoms with van der Waals surface area (Å²) in [5, 5.41) is 5.29. The van der Waals surface area contributed by atoms with E-state index in [9.17, 15) is 18.0 Å². The van der Waals surface area contributed by atoms with Crippen molar-refractivity contribution in [1.29, 1.82) is 0 Å². The molecule has 0 bridgehead atoms. The van der Waals surface area contributed by atoms with E-state index in [1.54, 1.807) is 18.2 Å². The molecule has 1 aromatic carbocycles. The quantitative estimate of drug-likeness (QED) is 0.736. The SMILES string of the molecule is CC(=O)Nc1cccc(N(CC(=O)NCC2CCCO2)S(C)(=O)=O)c1. The fourth-order valence-electron chi connectivity index (χ4n) is 2.56. The van der Waals surface area contributed by atoms with Gasteiger partial charge in [-0.1, -0.05) is 6.07 Å². The number of nitrogens with one attached hydrogen (secondary N) is 2. The van der Waals surface area contributed by atoms with Crippen molar-refractivity contribution in [2.24, 2.45) is 0 Å². The fourth-order valence-corrected chi connectivity index (χ4v) is 3.41. The number of hydrogen-bond donors (Lipinski definition) is 2. The lowest BCUT2D eigenvalue weighted by molar-refractivity contribution is -0.120. The molecule has 9 heteroatoms. The minimum atomic E-state index is -3.67. The average Bonchev–Trinajstić information content (AvgIpc) is 3.02. The Morgan fingerprint density at radius 3 is 2.72 bits per heavy atom. The standard InChI is InChI=1S/C16H23N3O5S/c1-12(20)18-13-5-3-6-14(9-13)19(25(2,22)23)11-16(21)17-10-15-7-4-8-24-15/h3,5-6,9,15H,4,7-8,10-11H2,1-2H3,(H,17,21)(H,18,20). The number of hydrogen-bond acceptors (Lipinski definition) is 5. The van der Waals surface area contributed by atoms with Crippen LogP contribution in [0.5, 0.6) is 0 Å². The molecule has 1 unspecified atom stereocenters. The molecule has 0 aromatic heterocycles. The summed E-state index contributed by atoms with van der Waals surface area (Å²) >= 11 is 0. The fraction of sp³-hybridized carbons (Fsp3) is 0.500. The summed E-state index contributed by atoms with van der Waals surface area (Å²) in [5.41, 5.74) is 0.763. The Morgan fingerprint density at radius 1 is 1.36 bits per heavy atom. The Hall–Kier alpha value is -2.13. The van der Waals surface area contributed by atoms with Gasteiger partial charge in [0.2, 0.25) is 21.8 Å². The zero-order valence-electron chi connectivity index (χ0n) is 14.3. The van der Waals surface area contributed by atoms with Crippen molar-refractivity contribution >= 4 is 33.2 Å². The van der Waals surface area contributed by atoms with Crippen LogP contribution in [0.4, 0.5) is 11.4 Å². The van der Waals surface area contributed by atoms with Gasteiger partial charge in [0.25, 0.3) is 0 Å². The van der Waals surface area contributed by atoms with Crippen molar-refractivity contribution in [2.45, 2.75) is 25.9 Å². The summed E-state index contributed by atoms with van der Waals surface area (Å²) in [6.07, 6.45) is 2.87. The molecule has 0 radical (unpaired) electrons. The number of nitrogens with zero attached hydrogens (tertiary/aromatic N) is 1. The lowest BCUT2D eigenvalue weighted by atomic mass is 10.2. The number of benzene rings is 1. The first-order valence-electron chi connectivity index (χ1n) is 7.99. The number of rotatable bonds is 7. The third-order valence-corrected chi connectivity index (χ3v) is 4.83. The zero-order chi connectivity index (χ0) is 18.4. The molecule has 1 aliphatic heterocycles. The van der Waals surface area contributed by atoms with Gasteiger partial charge in [-0.3, -0.25) is 13.9 Å². The van der Waals surface area contributed by atoms with E-state index < -0.39 is 15.9 Å². The van der Waals surface area contributed by atoms with Crippen LogP contribution in [0.1, 0.15) is 19.8 Å². The van der Waals surface area contributed by atoms with Gasteiger partial charge in [0.1, 0.15) is 6.54 Å². The van der Waals surface area contributed by atoms with E-state index in [2.05, 4.69) is 10.6 Å². The van der Waals surface area contributed by atoms with E-state index in [1.165, 1.54) is 13.0 Å². The molecule has 1 saturated heterocycles. The summed E-state index contributed by atoms with van der Waals surface area (Å²) in [7, 11) is -3.67. The number of carbonyl (C=O) groups excluding carboxylic acids is 2. The van der Waals surface area contributed by atoms with Gasteiger partial charge in [0.15, 0.2) is 0 Å². The molecule has 0 aliphatic carbocycles. The maximum atomic E-state index is 12.2. The molecule has 1 fully saturated rings. The highest BCUT2D eigenvalue weighted by molar-refractivity contribution is 7.92. The van der Waals surface area contributed by atoms with Crippen LogP contribution in [0.25, 0.3) is 0 Å². The Balaban J connectivity index is 2.08. The highest BCUT2D eigenvalue weighted by Gasteiger charge is 2.22. The largest absolute Gasteiger partial charge is 0.376 e. The van der Waals surface area contributed by atoms with Crippen molar-refractivity contribution in [3.05, 3.63) is 24.3 Å². The smallest absolute Gasteiger partial charge is 0.240 e. The van der Waals surface area contributed by atoms with Crippen LogP contribution in [0.2, 0.25) is 0 Å². The van der Waals surface area contributed by atoms with Crippen LogP contribution < -0.4 is 14.9 Å². The van der Waals surface area contributed by atoms with Gasteiger partial charge in [0.05, 0.1) is 18.0 Å². The topological polar surface area (TPSA) is 105 Å². The van der Waals surface area contributed by atoms with Crippen molar-refractivity contribution in [3.63, 3.8) is 0 Å². The van der Waals surface area contributed by atoms with Crippen LogP contribution >= 0.6 is 0 Å². The number of anilines is 2. The molecule has 0 saturated carbocycles. The van der Waals surface area contributed by atoms with Gasteiger partial charge in [-0.25, -0.2) is 8.42 Å². The molecular formula is C16H23N3O5S. The molecule has 1 aromatic rings. The number of sulfonamides is 1. The van der Waals surface area contributed by atoms with E-state index in [0.717, 1.165) is 23.4 Å². The molecule has 1 heterocycles. The number of carbonyl (C=O) groups is 2. The third kappa shape index (κ3) is 6.02. The summed E-state index contributed by atoms with van der Waals surface area (Å²) in [5.74, 6) is -0.678. The predicted molar refractivity (Wildman–Crippen MR) is 94.9 cm³/mol. The minimum absolute atomic E-state index is 0.0151. The van der Waals surface area contributed by atoms with Crippen molar-refractivity contribution in [3.8, 4) is 0 Å². The lowest BCUT2D eigenvalue weighted by Gasteiger charge is -2.23. The van der Waals surface area contributed by atoms with Gasteiger partial charge in [0, 0.05) is 25.8 Å². The molecular weight excluding hydrogens is 346 g/mol. The Morgan fingerprint density at radius 2 is 2.12 bits per heavy atom. The number of amides is 2. The van der Waals surface area contributed by atoms with E-state index >= 15 is 0 Å². The molecule has 2 N–H and O–H groups in total. The van der Waals surface area contributed by atoms with Gasteiger partial charge in [-0.15, -0.1) is 0 Å². The summed E-state index contributed by atoms with van der Waals surface area (Å²) in [6, 6.07) is 6.33. The molecule has 0 spiro atoms. The zero-order valence-corrected chi connectivity index (χ0v) is 15.1. The monoisotopic (exact) mass is 369 g/mol. The third-order valence-electron chi connectivity index (χ3n) is 3.69. The first-order valence-corrected chi connectivity index (χ1v) is 9.84. The van der Waals surface area contributed by atoms with Gasteiger partial charge in [-0.05, 0) is 31.0 Å². The number of ether oxygens (including phenoxy) is 1. The average molecular weight is 369 g/mol. The van der Waals surface area contributed by atoms with E-state index in [4.69, 9.17) is 4.74 Å². The Kier molecular flexibility index (Phi) is 6.38. The Bertz CT molecular complexity index is 729. The van der Waals surface area contributed by atoms with Gasteiger partial charge >= 0.3 is 0 Å². The molecule has 1 atom stereocenters. The normalized spacial score (nSPS) is 17.1. The van der Waals surface area contributed by atoms with E-state index in [-0.39, 0.29) is 18.6 Å². The highest BCUT2D eigenvalue weighted by atomic mass is 32.2. The van der Waals surface area contributed by atoms with Crippen LogP contribution in [-0.2, 0) is 24.3 Å². The van der Waals surface area contributed by atoms with Crippen molar-refractivity contribution in [1.82, 2.24) is 5.32 Å². The predicted octanol–water partition coefficient (Wildman–Crippen LogP) is 0.706. The lowest BCUT2D eigenvalue weighted by Crippen LogP contribution is -2.42. The minimum Gasteiger partial charge on any atom is -0.376 e. The molecule has 25 heavy (non-hydrogen) atoms. The summed E-state index contributed by atoms with van der Waals surface area (Å²) in [4.78, 5) is 23.3. The second-order valence-corrected chi connectivity index (χ2v) is 7.85. The van der Waals surface area contributed by atoms with Crippen LogP contribution in [0.15, 0.2) is 24.3 Å². The summed E-state index contributed by atoms with van der Waals surface area (Å²) < 4.78 is 30.6. The second kappa shape index (κ2) is 8.30. The van der Waals surface area contributed by atoms with E-state index in [0.29, 0.717) is 24.5 Å². The van der Waals surface area contributed by atoms with Crippen LogP contribution in [0, 0.1) is 0 Å². The molecule has 2 rings (SSSR count). The van der Waals surface area contributed by atoms with Gasteiger partial charge < -0.3 is 15.4 Å². The second-order valence-electron chi connectivity index (χ2n) is 5.94. The van der Waals surface area contributed by atoms with Gasteiger partial charge in [-0.2, -0.15) is 0 Å². The Labute approximate surface area is 147 Å². The van der Waals surface area contributed by atoms with E-state index in [1.807, 2.05) is 0 Å².